The van der Waals surface area contributed by atoms with Gasteiger partial charge in [0, 0.05) is 18.9 Å². The molecule has 0 bridgehead atoms. The molecule has 4 nitrogen and oxygen atoms in total. The molecule has 0 saturated heterocycles. The smallest absolute Gasteiger partial charge is 0.261 e. The van der Waals surface area contributed by atoms with E-state index in [1.165, 1.54) is 16.9 Å². The number of thiophene rings is 1. The van der Waals surface area contributed by atoms with Gasteiger partial charge in [0.1, 0.15) is 0 Å². The third-order valence-electron chi connectivity index (χ3n) is 3.12. The summed E-state index contributed by atoms with van der Waals surface area (Å²) in [6.07, 6.45) is 3.71. The standard InChI is InChI=1S/C16H15N3OS/c20-16(15-3-1-10-21-15)17-11-13-4-6-14(7-5-13)12-19-9-2-8-18-19/h1-10H,11-12H2,(H,17,20). The average molecular weight is 297 g/mol. The van der Waals surface area contributed by atoms with Gasteiger partial charge in [-0.15, -0.1) is 11.3 Å². The first-order valence-corrected chi connectivity index (χ1v) is 7.56. The Morgan fingerprint density at radius 1 is 1.14 bits per heavy atom. The van der Waals surface area contributed by atoms with Gasteiger partial charge in [-0.25, -0.2) is 0 Å². The van der Waals surface area contributed by atoms with Crippen LogP contribution in [0.3, 0.4) is 0 Å². The number of hydrogen-bond donors (Lipinski definition) is 1. The number of nitrogens with one attached hydrogen (secondary N) is 1. The molecule has 0 atom stereocenters. The highest BCUT2D eigenvalue weighted by molar-refractivity contribution is 7.12. The first-order chi connectivity index (χ1) is 10.3. The highest BCUT2D eigenvalue weighted by Gasteiger charge is 2.05. The zero-order valence-electron chi connectivity index (χ0n) is 11.4. The number of rotatable bonds is 5. The number of carbonyl (C=O) groups excluding carboxylic acids is 1. The third kappa shape index (κ3) is 3.58. The first-order valence-electron chi connectivity index (χ1n) is 6.68. The van der Waals surface area contributed by atoms with Gasteiger partial charge in [0.25, 0.3) is 5.91 Å². The van der Waals surface area contributed by atoms with Crippen LogP contribution in [0, 0.1) is 0 Å². The van der Waals surface area contributed by atoms with Crippen LogP contribution in [0.15, 0.2) is 60.2 Å². The fourth-order valence-corrected chi connectivity index (χ4v) is 2.66. The predicted octanol–water partition coefficient (Wildman–Crippen LogP) is 2.92. The van der Waals surface area contributed by atoms with Crippen LogP contribution in [-0.4, -0.2) is 15.7 Å². The topological polar surface area (TPSA) is 46.9 Å². The lowest BCUT2D eigenvalue weighted by atomic mass is 10.1. The molecule has 2 heterocycles. The number of carbonyl (C=O) groups is 1. The minimum absolute atomic E-state index is 0.0226. The lowest BCUT2D eigenvalue weighted by Crippen LogP contribution is -2.21. The van der Waals surface area contributed by atoms with Crippen LogP contribution in [0.25, 0.3) is 0 Å². The summed E-state index contributed by atoms with van der Waals surface area (Å²) >= 11 is 1.45. The Kier molecular flexibility index (Phi) is 4.12. The molecule has 0 aliphatic heterocycles. The van der Waals surface area contributed by atoms with Gasteiger partial charge in [-0.1, -0.05) is 30.3 Å². The zero-order chi connectivity index (χ0) is 14.5. The Hall–Kier alpha value is -2.40. The van der Waals surface area contributed by atoms with E-state index in [0.29, 0.717) is 6.54 Å². The fourth-order valence-electron chi connectivity index (χ4n) is 2.02. The molecule has 2 aromatic heterocycles. The van der Waals surface area contributed by atoms with Gasteiger partial charge in [-0.2, -0.15) is 5.10 Å². The average Bonchev–Trinajstić information content (AvgIpc) is 3.19. The van der Waals surface area contributed by atoms with Crippen LogP contribution < -0.4 is 5.32 Å². The van der Waals surface area contributed by atoms with E-state index in [2.05, 4.69) is 22.5 Å². The molecule has 0 saturated carbocycles. The van der Waals surface area contributed by atoms with Crippen molar-refractivity contribution in [2.75, 3.05) is 0 Å². The molecule has 1 N–H and O–H groups in total. The Labute approximate surface area is 127 Å². The minimum Gasteiger partial charge on any atom is -0.347 e. The zero-order valence-corrected chi connectivity index (χ0v) is 12.2. The van der Waals surface area contributed by atoms with Gasteiger partial charge in [-0.05, 0) is 28.6 Å². The van der Waals surface area contributed by atoms with Crippen molar-refractivity contribution in [3.63, 3.8) is 0 Å². The van der Waals surface area contributed by atoms with Crippen molar-refractivity contribution in [1.82, 2.24) is 15.1 Å². The fraction of sp³-hybridized carbons (Fsp3) is 0.125. The Morgan fingerprint density at radius 3 is 2.62 bits per heavy atom. The molecule has 3 rings (SSSR count). The van der Waals surface area contributed by atoms with Crippen molar-refractivity contribution < 1.29 is 4.79 Å². The molecule has 1 amide bonds. The number of hydrogen-bond acceptors (Lipinski definition) is 3. The van der Waals surface area contributed by atoms with E-state index in [1.54, 1.807) is 6.20 Å². The summed E-state index contributed by atoms with van der Waals surface area (Å²) < 4.78 is 1.88. The molecule has 0 fully saturated rings. The largest absolute Gasteiger partial charge is 0.347 e. The molecule has 0 radical (unpaired) electrons. The van der Waals surface area contributed by atoms with Crippen molar-refractivity contribution in [3.8, 4) is 0 Å². The summed E-state index contributed by atoms with van der Waals surface area (Å²) in [5, 5.41) is 9.00. The van der Waals surface area contributed by atoms with E-state index in [-0.39, 0.29) is 5.91 Å². The van der Waals surface area contributed by atoms with Crippen molar-refractivity contribution in [2.24, 2.45) is 0 Å². The summed E-state index contributed by atoms with van der Waals surface area (Å²) in [6.45, 7) is 1.30. The van der Waals surface area contributed by atoms with Crippen LogP contribution in [0.2, 0.25) is 0 Å². The van der Waals surface area contributed by atoms with Gasteiger partial charge in [-0.3, -0.25) is 9.48 Å². The molecule has 0 unspecified atom stereocenters. The normalized spacial score (nSPS) is 10.5. The van der Waals surface area contributed by atoms with Gasteiger partial charge in [0.2, 0.25) is 0 Å². The van der Waals surface area contributed by atoms with Crippen LogP contribution >= 0.6 is 11.3 Å². The second kappa shape index (κ2) is 6.37. The van der Waals surface area contributed by atoms with Gasteiger partial charge < -0.3 is 5.32 Å². The number of nitrogens with zero attached hydrogens (tertiary/aromatic N) is 2. The van der Waals surface area contributed by atoms with E-state index >= 15 is 0 Å². The Balaban J connectivity index is 1.56. The first kappa shape index (κ1) is 13.6. The molecule has 0 spiro atoms. The van der Waals surface area contributed by atoms with Gasteiger partial charge in [0.05, 0.1) is 11.4 Å². The molecule has 0 aliphatic carbocycles. The monoisotopic (exact) mass is 297 g/mol. The van der Waals surface area contributed by atoms with Crippen LogP contribution in [0.4, 0.5) is 0 Å². The van der Waals surface area contributed by atoms with Crippen molar-refractivity contribution in [3.05, 3.63) is 76.2 Å². The summed E-state index contributed by atoms with van der Waals surface area (Å²) in [4.78, 5) is 12.6. The maximum atomic E-state index is 11.8. The summed E-state index contributed by atoms with van der Waals surface area (Å²) in [5.74, 6) is -0.0226. The van der Waals surface area contributed by atoms with Crippen LogP contribution in [0.5, 0.6) is 0 Å². The second-order valence-corrected chi connectivity index (χ2v) is 5.63. The Morgan fingerprint density at radius 2 is 1.95 bits per heavy atom. The molecule has 21 heavy (non-hydrogen) atoms. The van der Waals surface area contributed by atoms with E-state index < -0.39 is 0 Å². The van der Waals surface area contributed by atoms with Crippen molar-refractivity contribution in [2.45, 2.75) is 13.1 Å². The lowest BCUT2D eigenvalue weighted by Gasteiger charge is -2.06. The number of amides is 1. The molecular formula is C16H15N3OS. The van der Waals surface area contributed by atoms with Crippen LogP contribution in [0.1, 0.15) is 20.8 Å². The summed E-state index contributed by atoms with van der Waals surface area (Å²) in [5.41, 5.74) is 2.27. The molecule has 5 heteroatoms. The van der Waals surface area contributed by atoms with E-state index in [1.807, 2.05) is 46.6 Å². The quantitative estimate of drug-likeness (QED) is 0.787. The van der Waals surface area contributed by atoms with Gasteiger partial charge in [0.15, 0.2) is 0 Å². The van der Waals surface area contributed by atoms with E-state index in [0.717, 1.165) is 17.0 Å². The van der Waals surface area contributed by atoms with E-state index in [9.17, 15) is 4.79 Å². The van der Waals surface area contributed by atoms with Crippen LogP contribution in [-0.2, 0) is 13.1 Å². The molecule has 3 aromatic rings. The Bertz CT molecular complexity index is 688. The maximum Gasteiger partial charge on any atom is 0.261 e. The second-order valence-electron chi connectivity index (χ2n) is 4.68. The van der Waals surface area contributed by atoms with Crippen molar-refractivity contribution >= 4 is 17.2 Å². The molecule has 106 valence electrons. The van der Waals surface area contributed by atoms with Gasteiger partial charge >= 0.3 is 0 Å². The number of benzene rings is 1. The maximum absolute atomic E-state index is 11.8. The van der Waals surface area contributed by atoms with E-state index in [4.69, 9.17) is 0 Å². The predicted molar refractivity (Wildman–Crippen MR) is 83.3 cm³/mol. The lowest BCUT2D eigenvalue weighted by molar-refractivity contribution is 0.0955. The van der Waals surface area contributed by atoms with Crippen molar-refractivity contribution in [1.29, 1.82) is 0 Å². The number of aromatic nitrogens is 2. The minimum atomic E-state index is -0.0226. The molecule has 1 aromatic carbocycles. The SMILES string of the molecule is O=C(NCc1ccc(Cn2cccn2)cc1)c1cccs1. The highest BCUT2D eigenvalue weighted by atomic mass is 32.1. The highest BCUT2D eigenvalue weighted by Crippen LogP contribution is 2.09. The summed E-state index contributed by atoms with van der Waals surface area (Å²) in [6, 6.07) is 13.8. The third-order valence-corrected chi connectivity index (χ3v) is 3.99. The molecule has 0 aliphatic rings. The summed E-state index contributed by atoms with van der Waals surface area (Å²) in [7, 11) is 0. The molecular weight excluding hydrogens is 282 g/mol.